The Morgan fingerprint density at radius 1 is 0.484 bits per heavy atom. The lowest BCUT2D eigenvalue weighted by Gasteiger charge is -2.47. The van der Waals surface area contributed by atoms with Gasteiger partial charge in [0.15, 0.2) is 30.5 Å². The van der Waals surface area contributed by atoms with Gasteiger partial charge in [0.05, 0.1) is 35.5 Å². The van der Waals surface area contributed by atoms with Crippen molar-refractivity contribution in [3.63, 3.8) is 0 Å². The van der Waals surface area contributed by atoms with Crippen LogP contribution in [0.5, 0.6) is 0 Å². The van der Waals surface area contributed by atoms with Gasteiger partial charge >= 0.3 is 57.0 Å². The van der Waals surface area contributed by atoms with E-state index in [2.05, 4.69) is 0 Å². The van der Waals surface area contributed by atoms with Crippen molar-refractivity contribution in [1.82, 2.24) is 0 Å². The fourth-order valence-electron chi connectivity index (χ4n) is 5.28. The second kappa shape index (κ2) is 25.5. The van der Waals surface area contributed by atoms with Crippen molar-refractivity contribution in [3.8, 4) is 0 Å². The van der Waals surface area contributed by atoms with Gasteiger partial charge < -0.3 is 52.1 Å². The summed E-state index contributed by atoms with van der Waals surface area (Å²) in [6.07, 6.45) is -13.5. The third-order valence-electron chi connectivity index (χ3n) is 8.75. The maximum Gasteiger partial charge on any atom is 0.549 e. The molecule has 0 spiro atoms. The highest BCUT2D eigenvalue weighted by molar-refractivity contribution is 5.94. The highest BCUT2D eigenvalue weighted by atomic mass is 28.2. The van der Waals surface area contributed by atoms with E-state index in [0.29, 0.717) is 0 Å². The molecular formula is C40H62O21Si. The first-order valence-electron chi connectivity index (χ1n) is 20.2. The number of hydrogen-bond acceptors (Lipinski definition) is 21. The van der Waals surface area contributed by atoms with Gasteiger partial charge in [-0.05, 0) is 0 Å². The van der Waals surface area contributed by atoms with Gasteiger partial charge in [-0.3, -0.25) is 47.3 Å². The van der Waals surface area contributed by atoms with Crippen LogP contribution in [0.3, 0.4) is 0 Å². The molecule has 0 radical (unpaired) electrons. The van der Waals surface area contributed by atoms with Crippen molar-refractivity contribution in [2.24, 2.45) is 35.5 Å². The molecule has 0 aromatic heterocycles. The Labute approximate surface area is 363 Å². The molecule has 2 rings (SSSR count). The topological polar surface area (TPSA) is 272 Å². The van der Waals surface area contributed by atoms with E-state index < -0.39 is 167 Å². The third kappa shape index (κ3) is 16.6. The normalized spacial score (nSPS) is 25.6. The maximum atomic E-state index is 13.4. The van der Waals surface area contributed by atoms with E-state index >= 15 is 0 Å². The van der Waals surface area contributed by atoms with Crippen LogP contribution in [0.1, 0.15) is 96.9 Å². The molecule has 352 valence electrons. The summed E-state index contributed by atoms with van der Waals surface area (Å²) in [6.45, 7) is 18.4. The Morgan fingerprint density at radius 2 is 0.855 bits per heavy atom. The maximum absolute atomic E-state index is 13.4. The van der Waals surface area contributed by atoms with Crippen LogP contribution >= 0.6 is 0 Å². The summed E-state index contributed by atoms with van der Waals surface area (Å²) < 4.78 is 81.7. The summed E-state index contributed by atoms with van der Waals surface area (Å²) >= 11 is 0. The molecule has 9 atom stereocenters. The Kier molecular flexibility index (Phi) is 22.8. The van der Waals surface area contributed by atoms with Crippen molar-refractivity contribution in [2.75, 3.05) is 19.8 Å². The van der Waals surface area contributed by atoms with Crippen molar-refractivity contribution in [3.05, 3.63) is 0 Å². The lowest BCUT2D eigenvalue weighted by molar-refractivity contribution is -0.385. The van der Waals surface area contributed by atoms with Crippen LogP contribution in [0.15, 0.2) is 0 Å². The zero-order chi connectivity index (χ0) is 47.8. The van der Waals surface area contributed by atoms with Crippen molar-refractivity contribution in [2.45, 2.75) is 152 Å². The molecule has 2 aliphatic rings. The summed E-state index contributed by atoms with van der Waals surface area (Å²) in [4.78, 5) is 104. The van der Waals surface area contributed by atoms with Gasteiger partial charge in [0.25, 0.3) is 0 Å². The molecule has 0 aromatic carbocycles. The molecule has 2 saturated heterocycles. The average Bonchev–Trinajstić information content (AvgIpc) is 3.44. The smallest absolute Gasteiger partial charge is 0.463 e. The van der Waals surface area contributed by atoms with Gasteiger partial charge in [-0.2, -0.15) is 0 Å². The van der Waals surface area contributed by atoms with Crippen molar-refractivity contribution < 1.29 is 99.4 Å². The second-order valence-corrected chi connectivity index (χ2v) is 16.5. The minimum absolute atomic E-state index is 0.595. The standard InChI is InChI=1S/C40H62O19.O2Si/c1-18(2)33(43)50-16-27-29(54-35(45)20(5)6)32(57-38(48)23(11)12)40(58-27,17-51-25(14)42)59-39-31(56-37(47)22(9)10)30(55-36(46)21(7)8)28(53-34(44)19(3)4)26(52-39)15-49-24(13)41;1-3-2/h18-23,26-32,39H,15-17H2,1-14H3;/t26-,27-,28-,29-,30+,31-,32+,39-,40+;/m1./s1. The largest absolute Gasteiger partial charge is 0.549 e. The van der Waals surface area contributed by atoms with Gasteiger partial charge in [-0.25, -0.2) is 0 Å². The summed E-state index contributed by atoms with van der Waals surface area (Å²) in [5.74, 6) is -13.4. The molecule has 0 saturated carbocycles. The molecule has 2 aliphatic heterocycles. The summed E-state index contributed by atoms with van der Waals surface area (Å²) in [5.41, 5.74) is 0. The van der Waals surface area contributed by atoms with Gasteiger partial charge in [-0.15, -0.1) is 0 Å². The van der Waals surface area contributed by atoms with E-state index in [1.54, 1.807) is 13.8 Å². The van der Waals surface area contributed by atoms with E-state index in [-0.39, 0.29) is 0 Å². The summed E-state index contributed by atoms with van der Waals surface area (Å²) in [5, 5.41) is 0. The molecule has 0 unspecified atom stereocenters. The fraction of sp³-hybridized carbons (Fsp3) is 0.800. The molecule has 21 nitrogen and oxygen atoms in total. The number of ether oxygens (including phenoxy) is 11. The van der Waals surface area contributed by atoms with Gasteiger partial charge in [0.2, 0.25) is 12.1 Å². The van der Waals surface area contributed by atoms with Gasteiger partial charge in [-0.1, -0.05) is 83.1 Å². The van der Waals surface area contributed by atoms with E-state index in [0.717, 1.165) is 13.8 Å². The molecule has 0 aromatic rings. The van der Waals surface area contributed by atoms with Crippen LogP contribution in [0.2, 0.25) is 0 Å². The first-order valence-corrected chi connectivity index (χ1v) is 21.0. The van der Waals surface area contributed by atoms with Crippen LogP contribution in [0.25, 0.3) is 0 Å². The zero-order valence-corrected chi connectivity index (χ0v) is 38.8. The highest BCUT2D eigenvalue weighted by Gasteiger charge is 2.65. The van der Waals surface area contributed by atoms with Crippen molar-refractivity contribution in [1.29, 1.82) is 0 Å². The Hall–Kier alpha value is -4.54. The predicted octanol–water partition coefficient (Wildman–Crippen LogP) is 2.37. The predicted molar refractivity (Wildman–Crippen MR) is 207 cm³/mol. The molecule has 62 heavy (non-hydrogen) atoms. The van der Waals surface area contributed by atoms with Crippen LogP contribution in [-0.4, -0.2) is 132 Å². The molecule has 2 heterocycles. The molecule has 0 aliphatic carbocycles. The SMILES string of the molecule is CC(=O)OC[C@H]1O[C@H](O[C@]2(COC(C)=O)O[C@H](COC(=O)C(C)C)[C@@H](OC(=O)C(C)C)[C@@H]2OC(=O)C(C)C)[C@H](OC(=O)C(C)C)[C@@H](OC(=O)C(C)C)[C@@H]1OC(=O)C(C)C.O=[Si]=O. The summed E-state index contributed by atoms with van der Waals surface area (Å²) in [7, 11) is -1.42. The molecular weight excluding hydrogens is 845 g/mol. The van der Waals surface area contributed by atoms with E-state index in [1.165, 1.54) is 69.2 Å². The Morgan fingerprint density at radius 3 is 1.27 bits per heavy atom. The van der Waals surface area contributed by atoms with Crippen molar-refractivity contribution >= 4 is 57.0 Å². The van der Waals surface area contributed by atoms with Gasteiger partial charge in [0.1, 0.15) is 32.0 Å². The first kappa shape index (κ1) is 55.5. The first-order chi connectivity index (χ1) is 28.7. The van der Waals surface area contributed by atoms with E-state index in [9.17, 15) is 38.4 Å². The highest BCUT2D eigenvalue weighted by Crippen LogP contribution is 2.42. The number of hydrogen-bond donors (Lipinski definition) is 0. The Bertz CT molecular complexity index is 1600. The molecule has 22 heteroatoms. The lowest BCUT2D eigenvalue weighted by Crippen LogP contribution is -2.66. The van der Waals surface area contributed by atoms with Crippen LogP contribution in [0, 0.1) is 35.5 Å². The number of carbonyl (C=O) groups excluding carboxylic acids is 8. The van der Waals surface area contributed by atoms with E-state index in [4.69, 9.17) is 61.0 Å². The zero-order valence-electron chi connectivity index (χ0n) is 37.8. The number of carbonyl (C=O) groups is 8. The molecule has 2 fully saturated rings. The monoisotopic (exact) mass is 906 g/mol. The fourth-order valence-corrected chi connectivity index (χ4v) is 5.28. The minimum atomic E-state index is -2.54. The Balaban J connectivity index is 0.00000621. The van der Waals surface area contributed by atoms with Crippen LogP contribution < -0.4 is 0 Å². The molecule has 0 amide bonds. The second-order valence-electron chi connectivity index (χ2n) is 16.3. The number of rotatable bonds is 19. The van der Waals surface area contributed by atoms with Crippen LogP contribution in [-0.2, 0) is 99.4 Å². The van der Waals surface area contributed by atoms with Gasteiger partial charge in [0, 0.05) is 13.8 Å². The van der Waals surface area contributed by atoms with E-state index in [1.807, 2.05) is 0 Å². The summed E-state index contributed by atoms with van der Waals surface area (Å²) in [6, 6.07) is 0. The number of esters is 8. The average molecular weight is 907 g/mol. The quantitative estimate of drug-likeness (QED) is 0.102. The molecule has 0 bridgehead atoms. The lowest BCUT2D eigenvalue weighted by atomic mass is 9.97. The minimum Gasteiger partial charge on any atom is -0.463 e. The van der Waals surface area contributed by atoms with Crippen LogP contribution in [0.4, 0.5) is 0 Å². The third-order valence-corrected chi connectivity index (χ3v) is 8.75. The molecule has 0 N–H and O–H groups in total.